The van der Waals surface area contributed by atoms with Gasteiger partial charge in [0.05, 0.1) is 66.4 Å². The molecule has 0 amide bonds. The van der Waals surface area contributed by atoms with Crippen molar-refractivity contribution in [2.24, 2.45) is 35.7 Å². The van der Waals surface area contributed by atoms with Crippen molar-refractivity contribution in [3.63, 3.8) is 0 Å². The van der Waals surface area contributed by atoms with Crippen LogP contribution in [0.4, 0.5) is 69.0 Å². The Morgan fingerprint density at radius 3 is 2.05 bits per heavy atom. The molecular formula is C50H45N13O11S2. The molecule has 7 aromatic carbocycles. The summed E-state index contributed by atoms with van der Waals surface area (Å²) in [6.45, 7) is 4.05. The van der Waals surface area contributed by atoms with Crippen molar-refractivity contribution in [3.05, 3.63) is 139 Å². The van der Waals surface area contributed by atoms with Crippen molar-refractivity contribution in [3.8, 4) is 23.0 Å². The molecule has 0 spiro atoms. The van der Waals surface area contributed by atoms with Crippen molar-refractivity contribution in [1.29, 1.82) is 0 Å². The molecule has 76 heavy (non-hydrogen) atoms. The summed E-state index contributed by atoms with van der Waals surface area (Å²) in [5.74, 6) is 1.46. The van der Waals surface area contributed by atoms with E-state index in [2.05, 4.69) is 81.0 Å². The number of azo groups is 3. The molecular weight excluding hydrogens is 1020 g/mol. The number of ether oxygens (including phenoxy) is 3. The second-order valence-corrected chi connectivity index (χ2v) is 16.9. The molecule has 0 unspecified atom stereocenters. The largest absolute Gasteiger partial charge is 0.505 e. The summed E-state index contributed by atoms with van der Waals surface area (Å²) in [7, 11) is 1.48. The SMILES string of the molecule is CCOc1cc(N=Nc2ccc(N=Nc3ccc(SOOO)cc3)cc2OC)c(N=COc2ccccc2)cc1N=Nc1c(SOOO)cc2cc(Nc3nc(NCCO)nc(Nc4ccc(C)cc4)n3)ccc2c1O. The third kappa shape index (κ3) is 14.7. The van der Waals surface area contributed by atoms with Crippen LogP contribution >= 0.6 is 24.1 Å². The fraction of sp³-hybridized carbons (Fsp3) is 0.120. The van der Waals surface area contributed by atoms with Crippen LogP contribution in [0.15, 0.2) is 179 Å². The van der Waals surface area contributed by atoms with Crippen molar-refractivity contribution in [1.82, 2.24) is 15.0 Å². The van der Waals surface area contributed by atoms with Crippen molar-refractivity contribution >= 4 is 110 Å². The Labute approximate surface area is 441 Å². The fourth-order valence-corrected chi connectivity index (χ4v) is 7.61. The number of methoxy groups -OCH3 is 1. The molecule has 0 bridgehead atoms. The minimum absolute atomic E-state index is 0.0465. The standard InChI is InChI=1S/C50H45N13O11S2/c1-4-69-44-28-41(61-60-39-21-17-35(26-43(39)68-3)59-58-33-14-18-37(19-15-33)75-73-71-66)40(52-29-70-36-8-6-5-7-9-36)27-42(44)62-63-46-45(76-74-72-67)25-31-24-34(16-20-38(31)47(46)65)54-50-56-48(51-22-23-64)55-49(57-50)53-32-12-10-30(2)11-13-32/h5-21,24-29,64-67H,4,22-23H2,1-3H3,(H3,51,53,54,55,56,57). The summed E-state index contributed by atoms with van der Waals surface area (Å²) in [4.78, 5) is 18.9. The number of hydrogen-bond acceptors (Lipinski definition) is 26. The molecule has 1 heterocycles. The number of hydrogen-bond donors (Lipinski definition) is 7. The zero-order chi connectivity index (χ0) is 53.1. The second kappa shape index (κ2) is 27.0. The number of aliphatic hydroxyl groups excluding tert-OH is 1. The van der Waals surface area contributed by atoms with Gasteiger partial charge in [-0.05, 0) is 110 Å². The summed E-state index contributed by atoms with van der Waals surface area (Å²) < 4.78 is 26.7. The average molecular weight is 1070 g/mol. The van der Waals surface area contributed by atoms with E-state index in [-0.39, 0.29) is 76.7 Å². The zero-order valence-electron chi connectivity index (χ0n) is 40.3. The van der Waals surface area contributed by atoms with Crippen molar-refractivity contribution in [2.75, 3.05) is 42.8 Å². The number of para-hydroxylation sites is 1. The number of rotatable bonds is 25. The van der Waals surface area contributed by atoms with E-state index in [4.69, 9.17) is 29.1 Å². The van der Waals surface area contributed by atoms with E-state index in [1.807, 2.05) is 49.4 Å². The predicted molar refractivity (Wildman–Crippen MR) is 285 cm³/mol. The molecule has 0 radical (unpaired) electrons. The molecule has 0 fully saturated rings. The third-order valence-corrected chi connectivity index (χ3v) is 11.5. The maximum absolute atomic E-state index is 11.8. The summed E-state index contributed by atoms with van der Waals surface area (Å²) in [6, 6.07) is 38.4. The Bertz CT molecular complexity index is 3360. The lowest BCUT2D eigenvalue weighted by Gasteiger charge is -2.13. The van der Waals surface area contributed by atoms with Gasteiger partial charge in [0.15, 0.2) is 12.2 Å². The minimum atomic E-state index is -0.286. The number of fused-ring (bicyclic) bond motifs is 1. The molecule has 0 saturated heterocycles. The van der Waals surface area contributed by atoms with E-state index in [0.717, 1.165) is 23.3 Å². The highest BCUT2D eigenvalue weighted by Crippen LogP contribution is 2.47. The molecule has 26 heteroatoms. The Morgan fingerprint density at radius 2 is 1.32 bits per heavy atom. The predicted octanol–water partition coefficient (Wildman–Crippen LogP) is 14.2. The summed E-state index contributed by atoms with van der Waals surface area (Å²) in [5.41, 5.74) is 4.37. The number of aromatic nitrogens is 3. The number of phenolic OH excluding ortho intramolecular Hbond substituents is 1. The first-order valence-corrected chi connectivity index (χ1v) is 24.1. The number of phenols is 1. The number of anilines is 5. The molecule has 8 aromatic rings. The van der Waals surface area contributed by atoms with E-state index in [1.54, 1.807) is 97.9 Å². The van der Waals surface area contributed by atoms with Crippen LogP contribution in [0.25, 0.3) is 10.8 Å². The highest BCUT2D eigenvalue weighted by atomic mass is 32.2. The van der Waals surface area contributed by atoms with Crippen LogP contribution in [0.2, 0.25) is 0 Å². The van der Waals surface area contributed by atoms with Gasteiger partial charge in [-0.2, -0.15) is 25.2 Å². The quantitative estimate of drug-likeness (QED) is 0.00698. The molecule has 0 aliphatic rings. The second-order valence-electron chi connectivity index (χ2n) is 15.4. The van der Waals surface area contributed by atoms with Gasteiger partial charge in [0, 0.05) is 40.3 Å². The highest BCUT2D eigenvalue weighted by molar-refractivity contribution is 7.94. The zero-order valence-corrected chi connectivity index (χ0v) is 42.0. The molecule has 0 atom stereocenters. The van der Waals surface area contributed by atoms with Crippen LogP contribution in [-0.4, -0.2) is 68.9 Å². The molecule has 7 N–H and O–H groups in total. The number of nitrogens with one attached hydrogen (secondary N) is 3. The lowest BCUT2D eigenvalue weighted by molar-refractivity contribution is -0.432. The molecule has 24 nitrogen and oxygen atoms in total. The van der Waals surface area contributed by atoms with Gasteiger partial charge in [-0.3, -0.25) is 0 Å². The lowest BCUT2D eigenvalue weighted by Crippen LogP contribution is -2.12. The van der Waals surface area contributed by atoms with E-state index in [1.165, 1.54) is 13.5 Å². The first-order chi connectivity index (χ1) is 37.2. The average Bonchev–Trinajstić information content (AvgIpc) is 3.45. The van der Waals surface area contributed by atoms with Crippen molar-refractivity contribution in [2.45, 2.75) is 23.6 Å². The Morgan fingerprint density at radius 1 is 0.632 bits per heavy atom. The number of aromatic hydroxyl groups is 1. The lowest BCUT2D eigenvalue weighted by atomic mass is 10.1. The minimum Gasteiger partial charge on any atom is -0.505 e. The van der Waals surface area contributed by atoms with Crippen LogP contribution in [0.3, 0.4) is 0 Å². The van der Waals surface area contributed by atoms with Crippen LogP contribution in [-0.2, 0) is 18.7 Å². The van der Waals surface area contributed by atoms with Gasteiger partial charge in [0.25, 0.3) is 0 Å². The normalized spacial score (nSPS) is 11.6. The Hall–Kier alpha value is -8.70. The number of aliphatic imine (C=N–C) groups is 1. The van der Waals surface area contributed by atoms with Crippen LogP contribution < -0.4 is 30.2 Å². The van der Waals surface area contributed by atoms with Crippen molar-refractivity contribution < 1.29 is 53.7 Å². The van der Waals surface area contributed by atoms with Crippen LogP contribution in [0.1, 0.15) is 12.5 Å². The smallest absolute Gasteiger partial charge is 0.233 e. The number of aliphatic hydroxyl groups is 1. The number of aryl methyl sites for hydroxylation is 1. The summed E-state index contributed by atoms with van der Waals surface area (Å²) in [5, 5.41) is 83.2. The molecule has 0 aliphatic heterocycles. The monoisotopic (exact) mass is 1070 g/mol. The van der Waals surface area contributed by atoms with Gasteiger partial charge < -0.3 is 40.4 Å². The first-order valence-electron chi connectivity index (χ1n) is 22.6. The van der Waals surface area contributed by atoms with Gasteiger partial charge >= 0.3 is 0 Å². The third-order valence-electron chi connectivity index (χ3n) is 10.2. The first kappa shape index (κ1) is 53.6. The van der Waals surface area contributed by atoms with Gasteiger partial charge in [0.2, 0.25) is 17.8 Å². The number of nitrogens with zero attached hydrogens (tertiary/aromatic N) is 10. The van der Waals surface area contributed by atoms with E-state index < -0.39 is 0 Å². The van der Waals surface area contributed by atoms with E-state index in [0.29, 0.717) is 62.0 Å². The number of benzene rings is 7. The molecule has 8 rings (SSSR count). The maximum atomic E-state index is 11.8. The molecule has 388 valence electrons. The topological polar surface area (TPSA) is 307 Å². The molecule has 1 aromatic heterocycles. The Balaban J connectivity index is 1.10. The van der Waals surface area contributed by atoms with Gasteiger partial charge in [-0.25, -0.2) is 15.5 Å². The fourth-order valence-electron chi connectivity index (χ4n) is 6.75. The Kier molecular flexibility index (Phi) is 19.0. The van der Waals surface area contributed by atoms with E-state index in [9.17, 15) is 10.2 Å². The summed E-state index contributed by atoms with van der Waals surface area (Å²) >= 11 is 1.39. The van der Waals surface area contributed by atoms with Gasteiger partial charge in [0.1, 0.15) is 40.0 Å². The maximum Gasteiger partial charge on any atom is 0.233 e. The van der Waals surface area contributed by atoms with Gasteiger partial charge in [-0.1, -0.05) is 46.0 Å². The van der Waals surface area contributed by atoms with Crippen LogP contribution in [0.5, 0.6) is 23.0 Å². The highest BCUT2D eigenvalue weighted by Gasteiger charge is 2.18. The van der Waals surface area contributed by atoms with E-state index >= 15 is 0 Å². The molecule has 0 saturated carbocycles. The summed E-state index contributed by atoms with van der Waals surface area (Å²) in [6.07, 6.45) is 1.24. The van der Waals surface area contributed by atoms with Crippen LogP contribution in [0, 0.1) is 6.92 Å². The van der Waals surface area contributed by atoms with Gasteiger partial charge in [-0.15, -0.1) is 29.1 Å². The molecule has 0 aliphatic carbocycles.